The van der Waals surface area contributed by atoms with Gasteiger partial charge in [0.05, 0.1) is 5.75 Å². The predicted octanol–water partition coefficient (Wildman–Crippen LogP) is 5.28. The monoisotopic (exact) mass is 416 g/mol. The van der Waals surface area contributed by atoms with Gasteiger partial charge < -0.3 is 10.6 Å². The second-order valence-electron chi connectivity index (χ2n) is 6.00. The van der Waals surface area contributed by atoms with E-state index in [9.17, 15) is 9.18 Å². The molecule has 0 aliphatic carbocycles. The number of nitrogens with zero attached hydrogens (tertiary/aromatic N) is 2. The second kappa shape index (κ2) is 9.66. The van der Waals surface area contributed by atoms with Crippen molar-refractivity contribution < 1.29 is 9.18 Å². The molecule has 28 heavy (non-hydrogen) atoms. The number of amides is 1. The molecule has 0 aliphatic rings. The van der Waals surface area contributed by atoms with Crippen molar-refractivity contribution in [2.75, 3.05) is 16.4 Å². The van der Waals surface area contributed by atoms with E-state index in [4.69, 9.17) is 0 Å². The van der Waals surface area contributed by atoms with Crippen molar-refractivity contribution in [1.82, 2.24) is 10.2 Å². The number of carbonyl (C=O) groups excluding carboxylic acids is 1. The molecule has 0 radical (unpaired) electrons. The lowest BCUT2D eigenvalue weighted by Crippen LogP contribution is -2.16. The first-order valence-corrected chi connectivity index (χ1v) is 10.8. The topological polar surface area (TPSA) is 66.9 Å². The van der Waals surface area contributed by atoms with Gasteiger partial charge in [-0.2, -0.15) is 0 Å². The Labute approximate surface area is 171 Å². The van der Waals surface area contributed by atoms with Crippen LogP contribution in [0.2, 0.25) is 0 Å². The summed E-state index contributed by atoms with van der Waals surface area (Å²) in [7, 11) is 0. The van der Waals surface area contributed by atoms with Gasteiger partial charge in [0, 0.05) is 11.4 Å². The van der Waals surface area contributed by atoms with Gasteiger partial charge in [-0.05, 0) is 42.2 Å². The largest absolute Gasteiger partial charge is 0.330 e. The number of aryl methyl sites for hydroxylation is 2. The average Bonchev–Trinajstić information content (AvgIpc) is 3.14. The highest BCUT2D eigenvalue weighted by atomic mass is 32.2. The number of para-hydroxylation sites is 1. The van der Waals surface area contributed by atoms with E-state index in [0.29, 0.717) is 15.2 Å². The van der Waals surface area contributed by atoms with E-state index < -0.39 is 0 Å². The van der Waals surface area contributed by atoms with E-state index in [1.165, 1.54) is 35.2 Å². The van der Waals surface area contributed by atoms with Crippen molar-refractivity contribution in [2.45, 2.75) is 31.0 Å². The highest BCUT2D eigenvalue weighted by molar-refractivity contribution is 8.01. The predicted molar refractivity (Wildman–Crippen MR) is 114 cm³/mol. The minimum Gasteiger partial charge on any atom is -0.330 e. The van der Waals surface area contributed by atoms with Crippen LogP contribution in [0, 0.1) is 5.82 Å². The average molecular weight is 417 g/mol. The van der Waals surface area contributed by atoms with E-state index in [2.05, 4.69) is 34.7 Å². The Hall–Kier alpha value is -2.45. The fraction of sp³-hybridized carbons (Fsp3) is 0.250. The number of hydrogen-bond donors (Lipinski definition) is 2. The molecule has 3 aromatic rings. The molecule has 0 unspecified atom stereocenters. The Bertz CT molecular complexity index is 939. The quantitative estimate of drug-likeness (QED) is 0.489. The lowest BCUT2D eigenvalue weighted by Gasteiger charge is -2.14. The second-order valence-corrected chi connectivity index (χ2v) is 8.20. The molecule has 1 aromatic heterocycles. The van der Waals surface area contributed by atoms with Crippen LogP contribution in [-0.4, -0.2) is 21.9 Å². The highest BCUT2D eigenvalue weighted by Gasteiger charge is 2.12. The zero-order chi connectivity index (χ0) is 19.9. The van der Waals surface area contributed by atoms with Gasteiger partial charge in [-0.25, -0.2) is 4.39 Å². The summed E-state index contributed by atoms with van der Waals surface area (Å²) in [5.41, 5.74) is 3.79. The van der Waals surface area contributed by atoms with Gasteiger partial charge in [0.1, 0.15) is 5.82 Å². The first-order chi connectivity index (χ1) is 13.6. The molecule has 1 heterocycles. The molecule has 8 heteroatoms. The molecule has 1 amide bonds. The van der Waals surface area contributed by atoms with Crippen LogP contribution in [0.1, 0.15) is 25.0 Å². The van der Waals surface area contributed by atoms with Crippen LogP contribution < -0.4 is 10.6 Å². The summed E-state index contributed by atoms with van der Waals surface area (Å²) in [4.78, 5) is 12.4. The smallest absolute Gasteiger partial charge is 0.234 e. The van der Waals surface area contributed by atoms with Crippen LogP contribution >= 0.6 is 23.1 Å². The minimum absolute atomic E-state index is 0.0737. The lowest BCUT2D eigenvalue weighted by molar-refractivity contribution is -0.113. The van der Waals surface area contributed by atoms with Crippen LogP contribution in [0.25, 0.3) is 0 Å². The molecule has 2 aromatic carbocycles. The van der Waals surface area contributed by atoms with Crippen molar-refractivity contribution >= 4 is 45.5 Å². The lowest BCUT2D eigenvalue weighted by atomic mass is 10.0. The molecule has 0 saturated heterocycles. The van der Waals surface area contributed by atoms with E-state index in [1.807, 2.05) is 18.2 Å². The standard InChI is InChI=1S/C20H21FN4OS2/c1-3-13-7-5-8-14(4-2)18(13)23-17(26)12-27-20-25-24-19(28-20)22-16-10-6-9-15(21)11-16/h5-11H,3-4,12H2,1-2H3,(H,22,24)(H,23,26). The molecular weight excluding hydrogens is 395 g/mol. The van der Waals surface area contributed by atoms with Crippen LogP contribution in [-0.2, 0) is 17.6 Å². The maximum Gasteiger partial charge on any atom is 0.234 e. The number of nitrogens with one attached hydrogen (secondary N) is 2. The maximum absolute atomic E-state index is 13.3. The molecule has 0 aliphatic heterocycles. The third-order valence-corrected chi connectivity index (χ3v) is 6.04. The van der Waals surface area contributed by atoms with Crippen molar-refractivity contribution in [3.05, 3.63) is 59.4 Å². The fourth-order valence-corrected chi connectivity index (χ4v) is 4.29. The molecule has 0 spiro atoms. The first-order valence-electron chi connectivity index (χ1n) is 8.98. The van der Waals surface area contributed by atoms with Crippen LogP contribution in [0.4, 0.5) is 20.9 Å². The zero-order valence-electron chi connectivity index (χ0n) is 15.7. The minimum atomic E-state index is -0.320. The van der Waals surface area contributed by atoms with Gasteiger partial charge in [-0.15, -0.1) is 10.2 Å². The third kappa shape index (κ3) is 5.30. The Morgan fingerprint density at radius 3 is 2.50 bits per heavy atom. The molecule has 3 rings (SSSR count). The molecule has 5 nitrogen and oxygen atoms in total. The van der Waals surface area contributed by atoms with Crippen LogP contribution in [0.5, 0.6) is 0 Å². The molecule has 2 N–H and O–H groups in total. The SMILES string of the molecule is CCc1cccc(CC)c1NC(=O)CSc1nnc(Nc2cccc(F)c2)s1. The van der Waals surface area contributed by atoms with Gasteiger partial charge in [0.15, 0.2) is 4.34 Å². The van der Waals surface area contributed by atoms with Crippen LogP contribution in [0.3, 0.4) is 0 Å². The number of rotatable bonds is 8. The molecule has 0 fully saturated rings. The molecule has 0 saturated carbocycles. The van der Waals surface area contributed by atoms with E-state index >= 15 is 0 Å². The first kappa shape index (κ1) is 20.3. The Balaban J connectivity index is 1.58. The molecular formula is C20H21FN4OS2. The molecule has 0 atom stereocenters. The number of anilines is 3. The van der Waals surface area contributed by atoms with Crippen molar-refractivity contribution in [2.24, 2.45) is 0 Å². The van der Waals surface area contributed by atoms with Gasteiger partial charge in [0.25, 0.3) is 0 Å². The Morgan fingerprint density at radius 1 is 1.11 bits per heavy atom. The Kier molecular flexibility index (Phi) is 7.00. The number of carbonyl (C=O) groups is 1. The number of benzene rings is 2. The normalized spacial score (nSPS) is 10.7. The highest BCUT2D eigenvalue weighted by Crippen LogP contribution is 2.28. The maximum atomic E-state index is 13.3. The number of halogens is 1. The van der Waals surface area contributed by atoms with Crippen LogP contribution in [0.15, 0.2) is 46.8 Å². The van der Waals surface area contributed by atoms with Crippen molar-refractivity contribution in [3.8, 4) is 0 Å². The van der Waals surface area contributed by atoms with Crippen molar-refractivity contribution in [3.63, 3.8) is 0 Å². The summed E-state index contributed by atoms with van der Waals surface area (Å²) < 4.78 is 13.9. The zero-order valence-corrected chi connectivity index (χ0v) is 17.3. The summed E-state index contributed by atoms with van der Waals surface area (Å²) in [5.74, 6) is -0.148. The third-order valence-electron chi connectivity index (χ3n) is 4.07. The van der Waals surface area contributed by atoms with E-state index in [-0.39, 0.29) is 17.5 Å². The summed E-state index contributed by atoms with van der Waals surface area (Å²) in [6.07, 6.45) is 1.73. The molecule has 146 valence electrons. The van der Waals surface area contributed by atoms with E-state index in [1.54, 1.807) is 12.1 Å². The van der Waals surface area contributed by atoms with Gasteiger partial charge in [0.2, 0.25) is 11.0 Å². The van der Waals surface area contributed by atoms with Crippen molar-refractivity contribution in [1.29, 1.82) is 0 Å². The Morgan fingerprint density at radius 2 is 1.82 bits per heavy atom. The van der Waals surface area contributed by atoms with E-state index in [0.717, 1.165) is 29.7 Å². The summed E-state index contributed by atoms with van der Waals surface area (Å²) >= 11 is 2.65. The van der Waals surface area contributed by atoms with Gasteiger partial charge in [-0.3, -0.25) is 4.79 Å². The molecule has 0 bridgehead atoms. The van der Waals surface area contributed by atoms with Gasteiger partial charge in [-0.1, -0.05) is 61.2 Å². The fourth-order valence-electron chi connectivity index (χ4n) is 2.71. The number of hydrogen-bond acceptors (Lipinski definition) is 6. The van der Waals surface area contributed by atoms with Gasteiger partial charge >= 0.3 is 0 Å². The summed E-state index contributed by atoms with van der Waals surface area (Å²) in [6.45, 7) is 4.15. The number of thioether (sulfide) groups is 1. The number of aromatic nitrogens is 2. The summed E-state index contributed by atoms with van der Waals surface area (Å²) in [6, 6.07) is 12.2. The summed E-state index contributed by atoms with van der Waals surface area (Å²) in [5, 5.41) is 14.7.